The zero-order valence-electron chi connectivity index (χ0n) is 75.1. The van der Waals surface area contributed by atoms with Crippen LogP contribution in [0, 0.1) is 0 Å². The molecule has 0 fully saturated rings. The first-order valence-corrected chi connectivity index (χ1v) is 48.2. The van der Waals surface area contributed by atoms with Gasteiger partial charge in [0.15, 0.2) is 0 Å². The molecule has 0 unspecified atom stereocenters. The van der Waals surface area contributed by atoms with Crippen molar-refractivity contribution in [2.45, 2.75) is 51.4 Å². The van der Waals surface area contributed by atoms with Crippen molar-refractivity contribution in [3.63, 3.8) is 0 Å². The van der Waals surface area contributed by atoms with Crippen molar-refractivity contribution in [1.82, 2.24) is 77.4 Å². The highest BCUT2D eigenvalue weighted by Crippen LogP contribution is 2.56. The van der Waals surface area contributed by atoms with Crippen LogP contribution in [0.4, 0.5) is 0 Å². The second-order valence-electron chi connectivity index (χ2n) is 38.7. The standard InChI is InChI=1S/4C31H18N4/c1-2-5-19-17(4-1)14-23-20(19)8-7-18-15-24-21(28(18)23)9-10-22-29(24)30-27(6-3-12-33-30)35-26-11-13-32-16-25(26)34-31(22)35;1-2-5-19-17(4-1)14-18-7-8-20-21-9-10-22-29(24(21)15-23(20)28(18)19)30-27(6-3-12-33-30)35-26-11-13-32-16-25(26)34-31(22)35;1-2-5-18-17(4-1)14-23-19(18)7-8-20-21-9-10-22-29(25(21)15-24(20)23)30-28(6-3-12-33-30)35-27-11-13-32-16-26(27)34-31(22)35;1-2-5-20-17(4-1)12-18-13-24-19(14-23(18)20)15-25-21(24)7-8-22-29(25)30-28(6-3-10-33-30)35-27-9-11-32-16-26(27)34-31(22)35/h3*1-13,16H,14-15H2;1-11,13-14,16H,12,15H2. The van der Waals surface area contributed by atoms with E-state index in [2.05, 4.69) is 256 Å². The van der Waals surface area contributed by atoms with E-state index < -0.39 is 0 Å². The van der Waals surface area contributed by atoms with E-state index in [0.717, 1.165) is 184 Å². The van der Waals surface area contributed by atoms with E-state index in [9.17, 15) is 0 Å². The van der Waals surface area contributed by atoms with Gasteiger partial charge in [0.05, 0.1) is 91.0 Å². The summed E-state index contributed by atoms with van der Waals surface area (Å²) in [4.78, 5) is 57.0. The molecule has 16 aromatic heterocycles. The van der Waals surface area contributed by atoms with E-state index in [4.69, 9.17) is 39.9 Å². The summed E-state index contributed by atoms with van der Waals surface area (Å²) in [5.74, 6) is 0. The summed E-state index contributed by atoms with van der Waals surface area (Å²) in [6, 6.07) is 97.3. The lowest BCUT2D eigenvalue weighted by molar-refractivity contribution is 1.17. The Morgan fingerprint density at radius 3 is 0.921 bits per heavy atom. The Kier molecular flexibility index (Phi) is 14.9. The Labute approximate surface area is 796 Å². The first-order chi connectivity index (χ1) is 69.4. The zero-order chi connectivity index (χ0) is 90.7. The van der Waals surface area contributed by atoms with Crippen molar-refractivity contribution in [2.24, 2.45) is 0 Å². The molecule has 648 valence electrons. The molecule has 36 rings (SSSR count). The Balaban J connectivity index is 0.0000000829. The van der Waals surface area contributed by atoms with Crippen LogP contribution in [-0.4, -0.2) is 77.4 Å². The molecule has 0 aliphatic heterocycles. The van der Waals surface area contributed by atoms with E-state index in [0.29, 0.717) is 0 Å². The van der Waals surface area contributed by atoms with Gasteiger partial charge in [-0.3, -0.25) is 57.5 Å². The van der Waals surface area contributed by atoms with Crippen LogP contribution in [-0.2, 0) is 51.4 Å². The molecule has 0 saturated carbocycles. The maximum atomic E-state index is 5.03. The molecular weight excluding hydrogens is 1710 g/mol. The van der Waals surface area contributed by atoms with Crippen molar-refractivity contribution in [2.75, 3.05) is 0 Å². The molecule has 12 aromatic carbocycles. The maximum absolute atomic E-state index is 5.03. The van der Waals surface area contributed by atoms with Gasteiger partial charge in [0, 0.05) is 92.7 Å². The highest BCUT2D eigenvalue weighted by molar-refractivity contribution is 6.21. The van der Waals surface area contributed by atoms with Gasteiger partial charge in [-0.05, 0) is 339 Å². The predicted molar refractivity (Wildman–Crippen MR) is 559 cm³/mol. The largest absolute Gasteiger partial charge is 0.290 e. The molecule has 16 heteroatoms. The van der Waals surface area contributed by atoms with Crippen molar-refractivity contribution < 1.29 is 0 Å². The molecule has 0 atom stereocenters. The van der Waals surface area contributed by atoms with Crippen LogP contribution < -0.4 is 0 Å². The van der Waals surface area contributed by atoms with Crippen LogP contribution >= 0.6 is 0 Å². The Morgan fingerprint density at radius 2 is 0.457 bits per heavy atom. The predicted octanol–water partition coefficient (Wildman–Crippen LogP) is 26.9. The number of nitrogens with zero attached hydrogens (tertiary/aromatic N) is 16. The summed E-state index contributed by atoms with van der Waals surface area (Å²) < 4.78 is 8.96. The van der Waals surface area contributed by atoms with Gasteiger partial charge in [-0.2, -0.15) is 0 Å². The Morgan fingerprint density at radius 1 is 0.179 bits per heavy atom. The molecule has 0 spiro atoms. The third-order valence-electron chi connectivity index (χ3n) is 31.9. The fourth-order valence-electron chi connectivity index (χ4n) is 26.2. The summed E-state index contributed by atoms with van der Waals surface area (Å²) >= 11 is 0. The highest BCUT2D eigenvalue weighted by Gasteiger charge is 2.37. The number of hydrogen-bond donors (Lipinski definition) is 0. The van der Waals surface area contributed by atoms with Gasteiger partial charge < -0.3 is 0 Å². The monoisotopic (exact) mass is 1780 g/mol. The van der Waals surface area contributed by atoms with E-state index >= 15 is 0 Å². The smallest absolute Gasteiger partial charge is 0.146 e. The molecule has 28 aromatic rings. The Hall–Kier alpha value is -18.3. The summed E-state index contributed by atoms with van der Waals surface area (Å²) in [6.45, 7) is 0. The average Bonchev–Trinajstić information content (AvgIpc) is 1.55. The van der Waals surface area contributed by atoms with E-state index in [1.807, 2.05) is 123 Å². The van der Waals surface area contributed by atoms with Crippen LogP contribution in [0.15, 0.2) is 341 Å². The normalized spacial score (nSPS) is 13.5. The number of fused-ring (bicyclic) bond motifs is 63. The molecule has 16 heterocycles. The third-order valence-corrected chi connectivity index (χ3v) is 31.9. The van der Waals surface area contributed by atoms with Crippen LogP contribution in [0.3, 0.4) is 0 Å². The van der Waals surface area contributed by atoms with Gasteiger partial charge in [-0.25, -0.2) is 19.9 Å². The number of imidazole rings is 4. The van der Waals surface area contributed by atoms with Gasteiger partial charge in [0.1, 0.15) is 44.7 Å². The van der Waals surface area contributed by atoms with Gasteiger partial charge in [0.25, 0.3) is 0 Å². The molecule has 16 nitrogen and oxygen atoms in total. The van der Waals surface area contributed by atoms with Crippen LogP contribution in [0.5, 0.6) is 0 Å². The van der Waals surface area contributed by atoms with E-state index in [-0.39, 0.29) is 0 Å². The van der Waals surface area contributed by atoms with Crippen molar-refractivity contribution in [1.29, 1.82) is 0 Å². The fourth-order valence-corrected chi connectivity index (χ4v) is 26.2. The van der Waals surface area contributed by atoms with Crippen molar-refractivity contribution in [3.05, 3.63) is 430 Å². The molecular formula is C124H72N16. The number of rotatable bonds is 0. The van der Waals surface area contributed by atoms with Crippen LogP contribution in [0.2, 0.25) is 0 Å². The van der Waals surface area contributed by atoms with Crippen molar-refractivity contribution in [3.8, 4) is 89.0 Å². The minimum atomic E-state index is 0.906. The molecule has 8 aliphatic carbocycles. The molecule has 8 aliphatic rings. The van der Waals surface area contributed by atoms with Gasteiger partial charge >= 0.3 is 0 Å². The lowest BCUT2D eigenvalue weighted by Gasteiger charge is -2.13. The topological polar surface area (TPSA) is 172 Å². The number of pyridine rings is 12. The van der Waals surface area contributed by atoms with Gasteiger partial charge in [-0.15, -0.1) is 0 Å². The quantitative estimate of drug-likeness (QED) is 0.132. The summed E-state index contributed by atoms with van der Waals surface area (Å²) in [5, 5.41) is 9.52. The third kappa shape index (κ3) is 10.1. The van der Waals surface area contributed by atoms with E-state index in [1.54, 1.807) is 0 Å². The Bertz CT molecular complexity index is 10600. The highest BCUT2D eigenvalue weighted by atomic mass is 15.1. The molecule has 0 bridgehead atoms. The average molecular weight is 1790 g/mol. The van der Waals surface area contributed by atoms with E-state index in [1.165, 1.54) is 200 Å². The molecule has 0 amide bonds. The van der Waals surface area contributed by atoms with Crippen LogP contribution in [0.1, 0.15) is 89.0 Å². The van der Waals surface area contributed by atoms with Crippen molar-refractivity contribution >= 4 is 154 Å². The molecule has 0 saturated heterocycles. The number of hydrogen-bond acceptors (Lipinski definition) is 12. The van der Waals surface area contributed by atoms with Gasteiger partial charge in [0.2, 0.25) is 0 Å². The lowest BCUT2D eigenvalue weighted by atomic mass is 9.94. The molecule has 0 radical (unpaired) electrons. The first kappa shape index (κ1) is 75.1. The fraction of sp³-hybridized carbons (Fsp3) is 0.0645. The zero-order valence-corrected chi connectivity index (χ0v) is 75.1. The second kappa shape index (κ2) is 27.7. The number of benzene rings is 12. The second-order valence-corrected chi connectivity index (χ2v) is 38.7. The first-order valence-electron chi connectivity index (χ1n) is 48.2. The summed E-state index contributed by atoms with van der Waals surface area (Å²) in [5.41, 5.74) is 65.1. The number of aromatic nitrogens is 16. The lowest BCUT2D eigenvalue weighted by Crippen LogP contribution is -1.96. The van der Waals surface area contributed by atoms with Gasteiger partial charge in [-0.1, -0.05) is 158 Å². The molecule has 140 heavy (non-hydrogen) atoms. The van der Waals surface area contributed by atoms with Crippen LogP contribution in [0.25, 0.3) is 243 Å². The summed E-state index contributed by atoms with van der Waals surface area (Å²) in [6.07, 6.45) is 30.1. The minimum Gasteiger partial charge on any atom is -0.290 e. The minimum absolute atomic E-state index is 0.906. The summed E-state index contributed by atoms with van der Waals surface area (Å²) in [7, 11) is 0. The molecule has 0 N–H and O–H groups in total. The SMILES string of the molecule is c1ccc2c(c1)Cc1c-2ccc2c1-c1ccc3c(c1C2)c1ncccc1n1c2ccncc2nc31.c1ccc2c(c1)Cc1c-2ccc2c1Cc1c-2ccc2c1c1ncccc1n1c3ccncc3nc21.c1ccc2c(c1)Cc1cc3c(cc1-2)Cc1c-3ccc2c1c1ncccc1n1c3ccncc3nc21.c1ccc2c(c1)Cc1ccc3c(c1-2)Cc1c-3ccc2c1c1ncccc1n1c3ccncc3nc21. The maximum Gasteiger partial charge on any atom is 0.146 e.